The molecule has 0 amide bonds. The Bertz CT molecular complexity index is 500. The summed E-state index contributed by atoms with van der Waals surface area (Å²) in [5.41, 5.74) is 2.32. The first-order valence-electron chi connectivity index (χ1n) is 7.05. The van der Waals surface area contributed by atoms with E-state index in [1.54, 1.807) is 7.11 Å². The lowest BCUT2D eigenvalue weighted by Crippen LogP contribution is -2.26. The third-order valence-corrected chi connectivity index (χ3v) is 4.34. The number of likely N-dealkylation sites (tertiary alicyclic amines) is 1. The molecular weight excluding hydrogens is 254 g/mol. The van der Waals surface area contributed by atoms with Crippen molar-refractivity contribution in [3.05, 3.63) is 29.3 Å². The van der Waals surface area contributed by atoms with Crippen LogP contribution in [0, 0.1) is 18.8 Å². The number of hydrogen-bond donors (Lipinski definition) is 1. The van der Waals surface area contributed by atoms with E-state index in [0.717, 1.165) is 17.9 Å². The highest BCUT2D eigenvalue weighted by atomic mass is 16.5. The molecule has 0 aromatic heterocycles. The number of carboxylic acids is 1. The summed E-state index contributed by atoms with van der Waals surface area (Å²) in [4.78, 5) is 13.5. The number of aliphatic carboxylic acids is 1. The fourth-order valence-electron chi connectivity index (χ4n) is 3.02. The van der Waals surface area contributed by atoms with Gasteiger partial charge in [-0.05, 0) is 25.8 Å². The van der Waals surface area contributed by atoms with E-state index in [1.807, 2.05) is 19.1 Å². The van der Waals surface area contributed by atoms with E-state index < -0.39 is 5.97 Å². The second kappa shape index (κ2) is 5.83. The topological polar surface area (TPSA) is 49.8 Å². The van der Waals surface area contributed by atoms with Crippen molar-refractivity contribution < 1.29 is 14.6 Å². The van der Waals surface area contributed by atoms with Crippen molar-refractivity contribution in [2.45, 2.75) is 26.8 Å². The summed E-state index contributed by atoms with van der Waals surface area (Å²) < 4.78 is 5.44. The van der Waals surface area contributed by atoms with Crippen molar-refractivity contribution >= 4 is 5.97 Å². The van der Waals surface area contributed by atoms with Crippen LogP contribution in [0.4, 0.5) is 0 Å². The highest BCUT2D eigenvalue weighted by Gasteiger charge is 2.37. The number of aryl methyl sites for hydroxylation is 1. The smallest absolute Gasteiger partial charge is 0.308 e. The van der Waals surface area contributed by atoms with Gasteiger partial charge in [0.15, 0.2) is 0 Å². The number of carbonyl (C=O) groups is 1. The van der Waals surface area contributed by atoms with Crippen LogP contribution < -0.4 is 4.74 Å². The fourth-order valence-corrected chi connectivity index (χ4v) is 3.02. The lowest BCUT2D eigenvalue weighted by atomic mass is 9.99. The molecule has 0 aliphatic carbocycles. The van der Waals surface area contributed by atoms with Gasteiger partial charge in [-0.25, -0.2) is 0 Å². The van der Waals surface area contributed by atoms with Crippen LogP contribution in [0.3, 0.4) is 0 Å². The molecule has 110 valence electrons. The number of carboxylic acid groups (broad SMARTS) is 1. The number of methoxy groups -OCH3 is 1. The second-order valence-corrected chi connectivity index (χ2v) is 5.80. The molecule has 1 aromatic rings. The quantitative estimate of drug-likeness (QED) is 0.919. The Morgan fingerprint density at radius 1 is 1.45 bits per heavy atom. The molecule has 0 radical (unpaired) electrons. The van der Waals surface area contributed by atoms with E-state index in [-0.39, 0.29) is 17.9 Å². The van der Waals surface area contributed by atoms with Crippen LogP contribution in [0.25, 0.3) is 0 Å². The lowest BCUT2D eigenvalue weighted by Gasteiger charge is -2.26. The maximum Gasteiger partial charge on any atom is 0.308 e. The molecule has 1 saturated heterocycles. The van der Waals surface area contributed by atoms with E-state index in [4.69, 9.17) is 4.74 Å². The first kappa shape index (κ1) is 14.9. The third-order valence-electron chi connectivity index (χ3n) is 4.34. The maximum absolute atomic E-state index is 11.2. The van der Waals surface area contributed by atoms with Gasteiger partial charge in [-0.2, -0.15) is 0 Å². The van der Waals surface area contributed by atoms with Gasteiger partial charge < -0.3 is 9.84 Å². The van der Waals surface area contributed by atoms with Gasteiger partial charge in [0.05, 0.1) is 13.0 Å². The molecule has 1 heterocycles. The minimum Gasteiger partial charge on any atom is -0.496 e. The van der Waals surface area contributed by atoms with Crippen molar-refractivity contribution in [2.24, 2.45) is 11.8 Å². The van der Waals surface area contributed by atoms with Crippen LogP contribution in [0.15, 0.2) is 18.2 Å². The van der Waals surface area contributed by atoms with Gasteiger partial charge in [-0.15, -0.1) is 0 Å². The van der Waals surface area contributed by atoms with Gasteiger partial charge in [-0.3, -0.25) is 9.69 Å². The van der Waals surface area contributed by atoms with Crippen LogP contribution in [-0.2, 0) is 4.79 Å². The van der Waals surface area contributed by atoms with E-state index in [9.17, 15) is 9.90 Å². The minimum atomic E-state index is -0.691. The molecule has 1 fully saturated rings. The van der Waals surface area contributed by atoms with Crippen molar-refractivity contribution in [2.75, 3.05) is 20.2 Å². The van der Waals surface area contributed by atoms with Gasteiger partial charge >= 0.3 is 5.97 Å². The second-order valence-electron chi connectivity index (χ2n) is 5.80. The van der Waals surface area contributed by atoms with Crippen molar-refractivity contribution in [1.82, 2.24) is 4.90 Å². The minimum absolute atomic E-state index is 0.164. The van der Waals surface area contributed by atoms with Gasteiger partial charge in [0, 0.05) is 24.7 Å². The van der Waals surface area contributed by atoms with E-state index in [2.05, 4.69) is 24.8 Å². The number of benzene rings is 1. The fraction of sp³-hybridized carbons (Fsp3) is 0.562. The number of rotatable bonds is 4. The molecule has 1 N–H and O–H groups in total. The molecule has 4 heteroatoms. The third kappa shape index (κ3) is 2.80. The molecule has 0 spiro atoms. The Hall–Kier alpha value is -1.55. The number of ether oxygens (including phenoxy) is 1. The molecule has 1 aromatic carbocycles. The van der Waals surface area contributed by atoms with E-state index >= 15 is 0 Å². The predicted octanol–water partition coefficient (Wildman–Crippen LogP) is 2.72. The van der Waals surface area contributed by atoms with Gasteiger partial charge in [0.25, 0.3) is 0 Å². The summed E-state index contributed by atoms with van der Waals surface area (Å²) in [6.07, 6.45) is 0. The highest BCUT2D eigenvalue weighted by Crippen LogP contribution is 2.35. The van der Waals surface area contributed by atoms with Crippen LogP contribution in [-0.4, -0.2) is 36.2 Å². The molecule has 3 atom stereocenters. The Morgan fingerprint density at radius 2 is 2.15 bits per heavy atom. The summed E-state index contributed by atoms with van der Waals surface area (Å²) >= 11 is 0. The summed E-state index contributed by atoms with van der Waals surface area (Å²) in [5, 5.41) is 9.25. The predicted molar refractivity (Wildman–Crippen MR) is 78.0 cm³/mol. The molecular formula is C16H23NO3. The van der Waals surface area contributed by atoms with E-state index in [1.165, 1.54) is 5.56 Å². The van der Waals surface area contributed by atoms with Crippen LogP contribution >= 0.6 is 0 Å². The standard InChI is InChI=1S/C16H23NO3/c1-10-5-6-15(20-4)13(7-10)12(3)17-8-11(2)14(9-17)16(18)19/h5-7,11-12,14H,8-9H2,1-4H3,(H,18,19)/t11-,12?,14-/m1/s1. The normalized spacial score (nSPS) is 24.6. The van der Waals surface area contributed by atoms with Crippen molar-refractivity contribution in [1.29, 1.82) is 0 Å². The van der Waals surface area contributed by atoms with Crippen molar-refractivity contribution in [3.8, 4) is 5.75 Å². The molecule has 2 rings (SSSR count). The highest BCUT2D eigenvalue weighted by molar-refractivity contribution is 5.71. The van der Waals surface area contributed by atoms with Gasteiger partial charge in [-0.1, -0.05) is 24.6 Å². The monoisotopic (exact) mass is 277 g/mol. The molecule has 0 bridgehead atoms. The number of hydrogen-bond acceptors (Lipinski definition) is 3. The average Bonchev–Trinajstić information content (AvgIpc) is 2.80. The summed E-state index contributed by atoms with van der Waals surface area (Å²) in [6.45, 7) is 7.61. The molecule has 4 nitrogen and oxygen atoms in total. The SMILES string of the molecule is COc1ccc(C)cc1C(C)N1C[C@@H](C)[C@H](C(=O)O)C1. The zero-order valence-corrected chi connectivity index (χ0v) is 12.6. The Kier molecular flexibility index (Phi) is 4.33. The van der Waals surface area contributed by atoms with Crippen LogP contribution in [0.1, 0.15) is 31.0 Å². The first-order chi connectivity index (χ1) is 9.43. The largest absolute Gasteiger partial charge is 0.496 e. The average molecular weight is 277 g/mol. The maximum atomic E-state index is 11.2. The zero-order valence-electron chi connectivity index (χ0n) is 12.6. The summed E-state index contributed by atoms with van der Waals surface area (Å²) in [5.74, 6) is 0.0944. The van der Waals surface area contributed by atoms with Gasteiger partial charge in [0.2, 0.25) is 0 Å². The van der Waals surface area contributed by atoms with Crippen LogP contribution in [0.2, 0.25) is 0 Å². The summed E-state index contributed by atoms with van der Waals surface area (Å²) in [6, 6.07) is 6.30. The molecule has 0 saturated carbocycles. The van der Waals surface area contributed by atoms with Crippen molar-refractivity contribution in [3.63, 3.8) is 0 Å². The summed E-state index contributed by atoms with van der Waals surface area (Å²) in [7, 11) is 1.67. The molecule has 20 heavy (non-hydrogen) atoms. The number of nitrogens with zero attached hydrogens (tertiary/aromatic N) is 1. The molecule has 1 aliphatic heterocycles. The molecule has 1 aliphatic rings. The lowest BCUT2D eigenvalue weighted by molar-refractivity contribution is -0.142. The Morgan fingerprint density at radius 3 is 2.70 bits per heavy atom. The van der Waals surface area contributed by atoms with Crippen LogP contribution in [0.5, 0.6) is 5.75 Å². The van der Waals surface area contributed by atoms with E-state index in [0.29, 0.717) is 6.54 Å². The molecule has 1 unspecified atom stereocenters. The zero-order chi connectivity index (χ0) is 14.9. The Balaban J connectivity index is 2.22. The Labute approximate surface area is 120 Å². The van der Waals surface area contributed by atoms with Gasteiger partial charge in [0.1, 0.15) is 5.75 Å². The first-order valence-corrected chi connectivity index (χ1v) is 7.05.